The summed E-state index contributed by atoms with van der Waals surface area (Å²) in [6.07, 6.45) is 8.18. The average molecular weight is 292 g/mol. The fourth-order valence-electron chi connectivity index (χ4n) is 0.851. The van der Waals surface area contributed by atoms with Crippen LogP contribution >= 0.6 is 0 Å². The van der Waals surface area contributed by atoms with E-state index in [0.29, 0.717) is 13.1 Å². The van der Waals surface area contributed by atoms with Crippen LogP contribution in [-0.4, -0.2) is 28.3 Å². The molecule has 17 heavy (non-hydrogen) atoms. The number of hydrogen-bond acceptors (Lipinski definition) is 3. The first kappa shape index (κ1) is 21.5. The summed E-state index contributed by atoms with van der Waals surface area (Å²) in [5.41, 5.74) is 0. The van der Waals surface area contributed by atoms with Crippen molar-refractivity contribution in [1.82, 2.24) is 4.98 Å². The SMILES string of the molecule is CCCCCCO.O=[C-]O.[Zn].c1ccncc1. The van der Waals surface area contributed by atoms with Gasteiger partial charge in [-0.25, -0.2) is 0 Å². The number of pyridine rings is 1. The van der Waals surface area contributed by atoms with Crippen LogP contribution in [0.15, 0.2) is 30.6 Å². The second-order valence-electron chi connectivity index (χ2n) is 2.90. The third-order valence-electron chi connectivity index (χ3n) is 1.58. The Kier molecular flexibility index (Phi) is 30.9. The van der Waals surface area contributed by atoms with Crippen LogP contribution in [0.4, 0.5) is 0 Å². The number of aromatic nitrogens is 1. The van der Waals surface area contributed by atoms with Crippen LogP contribution in [0.25, 0.3) is 0 Å². The van der Waals surface area contributed by atoms with Crippen molar-refractivity contribution in [1.29, 1.82) is 0 Å². The van der Waals surface area contributed by atoms with Gasteiger partial charge in [-0.15, -0.1) is 0 Å². The molecule has 1 rings (SSSR count). The molecule has 0 saturated heterocycles. The van der Waals surface area contributed by atoms with Crippen molar-refractivity contribution in [3.63, 3.8) is 0 Å². The van der Waals surface area contributed by atoms with Gasteiger partial charge in [0, 0.05) is 38.5 Å². The molecule has 0 atom stereocenters. The Hall–Kier alpha value is -0.797. The van der Waals surface area contributed by atoms with Crippen LogP contribution in [0.3, 0.4) is 0 Å². The number of aliphatic hydroxyl groups is 1. The third-order valence-corrected chi connectivity index (χ3v) is 1.58. The van der Waals surface area contributed by atoms with Gasteiger partial charge in [0.15, 0.2) is 0 Å². The topological polar surface area (TPSA) is 70.4 Å². The molecule has 0 bridgehead atoms. The number of unbranched alkanes of at least 4 members (excludes halogenated alkanes) is 3. The Morgan fingerprint density at radius 1 is 1.12 bits per heavy atom. The minimum absolute atomic E-state index is 0. The standard InChI is InChI=1S/C6H14O.C5H5N.CHO2.Zn/c1-2-3-4-5-6-7;1-2-4-6-5-3-1;2-1-3;/h7H,2-6H2,1H3;1-5H;(H,2,3);/q;;-1;. The molecule has 1 aromatic heterocycles. The maximum atomic E-state index is 8.29. The molecule has 94 valence electrons. The van der Waals surface area contributed by atoms with Crippen LogP contribution in [0.2, 0.25) is 0 Å². The second kappa shape index (κ2) is 24.4. The molecule has 0 radical (unpaired) electrons. The molecular formula is C12H20NO3Zn-. The molecule has 0 amide bonds. The van der Waals surface area contributed by atoms with E-state index in [2.05, 4.69) is 11.9 Å². The molecule has 0 spiro atoms. The van der Waals surface area contributed by atoms with Gasteiger partial charge in [0.05, 0.1) is 0 Å². The van der Waals surface area contributed by atoms with Crippen LogP contribution in [0.5, 0.6) is 0 Å². The van der Waals surface area contributed by atoms with Gasteiger partial charge >= 0.3 is 0 Å². The number of hydrogen-bond donors (Lipinski definition) is 2. The minimum atomic E-state index is 0. The summed E-state index contributed by atoms with van der Waals surface area (Å²) in [6, 6.07) is 5.72. The van der Waals surface area contributed by atoms with E-state index in [1.54, 1.807) is 12.4 Å². The van der Waals surface area contributed by atoms with E-state index < -0.39 is 0 Å². The Balaban J connectivity index is -0.000000180. The molecule has 5 heteroatoms. The van der Waals surface area contributed by atoms with Crippen molar-refractivity contribution in [2.24, 2.45) is 0 Å². The molecule has 0 aliphatic carbocycles. The van der Waals surface area contributed by atoms with E-state index in [1.807, 2.05) is 18.2 Å². The summed E-state index contributed by atoms with van der Waals surface area (Å²) < 4.78 is 0. The van der Waals surface area contributed by atoms with Crippen molar-refractivity contribution in [3.05, 3.63) is 30.6 Å². The molecule has 0 saturated carbocycles. The van der Waals surface area contributed by atoms with Gasteiger partial charge < -0.3 is 15.0 Å². The summed E-state index contributed by atoms with van der Waals surface area (Å²) in [6.45, 7) is 3.03. The molecule has 0 aromatic carbocycles. The summed E-state index contributed by atoms with van der Waals surface area (Å²) >= 11 is 0. The zero-order chi connectivity index (χ0) is 12.5. The quantitative estimate of drug-likeness (QED) is 0.507. The van der Waals surface area contributed by atoms with Gasteiger partial charge in [0.1, 0.15) is 0 Å². The fraction of sp³-hybridized carbons (Fsp3) is 0.500. The van der Waals surface area contributed by atoms with Crippen molar-refractivity contribution in [2.75, 3.05) is 6.61 Å². The van der Waals surface area contributed by atoms with Crippen molar-refractivity contribution in [2.45, 2.75) is 32.6 Å². The first-order valence-electron chi connectivity index (χ1n) is 5.30. The molecule has 0 aliphatic heterocycles. The van der Waals surface area contributed by atoms with Gasteiger partial charge in [-0.2, -0.15) is 0 Å². The maximum Gasteiger partial charge on any atom is 0.0431 e. The van der Waals surface area contributed by atoms with E-state index in [9.17, 15) is 0 Å². The Morgan fingerprint density at radius 3 is 1.88 bits per heavy atom. The Bertz CT molecular complexity index is 179. The van der Waals surface area contributed by atoms with Gasteiger partial charge in [-0.1, -0.05) is 38.7 Å². The van der Waals surface area contributed by atoms with Gasteiger partial charge in [0.2, 0.25) is 0 Å². The molecule has 0 unspecified atom stereocenters. The van der Waals surface area contributed by atoms with E-state index >= 15 is 0 Å². The van der Waals surface area contributed by atoms with Crippen LogP contribution in [0.1, 0.15) is 32.6 Å². The number of nitrogens with zero attached hydrogens (tertiary/aromatic N) is 1. The van der Waals surface area contributed by atoms with E-state index in [4.69, 9.17) is 15.0 Å². The third kappa shape index (κ3) is 31.3. The summed E-state index contributed by atoms with van der Waals surface area (Å²) in [4.78, 5) is 12.0. The van der Waals surface area contributed by atoms with E-state index in [1.165, 1.54) is 19.3 Å². The number of rotatable bonds is 4. The molecule has 1 heterocycles. The summed E-state index contributed by atoms with van der Waals surface area (Å²) in [7, 11) is 0. The van der Waals surface area contributed by atoms with Crippen molar-refractivity contribution in [3.8, 4) is 0 Å². The molecular weight excluding hydrogens is 272 g/mol. The van der Waals surface area contributed by atoms with E-state index in [0.717, 1.165) is 6.42 Å². The molecule has 4 nitrogen and oxygen atoms in total. The van der Waals surface area contributed by atoms with Gasteiger partial charge in [-0.05, 0) is 18.6 Å². The first-order valence-corrected chi connectivity index (χ1v) is 5.30. The number of aliphatic hydroxyl groups excluding tert-OH is 2. The summed E-state index contributed by atoms with van der Waals surface area (Å²) in [5.74, 6) is 0. The Labute approximate surface area is 116 Å². The molecule has 1 aromatic rings. The molecule has 0 aliphatic rings. The summed E-state index contributed by atoms with van der Waals surface area (Å²) in [5, 5.41) is 15.1. The predicted octanol–water partition coefficient (Wildman–Crippen LogP) is 2.25. The normalized spacial score (nSPS) is 7.41. The smallest absolute Gasteiger partial charge is 0.0431 e. The van der Waals surface area contributed by atoms with Crippen molar-refractivity contribution < 1.29 is 34.5 Å². The first-order chi connectivity index (χ1) is 7.83. The van der Waals surface area contributed by atoms with Crippen molar-refractivity contribution >= 4 is 6.47 Å². The van der Waals surface area contributed by atoms with Crippen LogP contribution in [0, 0.1) is 0 Å². The van der Waals surface area contributed by atoms with E-state index in [-0.39, 0.29) is 19.5 Å². The monoisotopic (exact) mass is 290 g/mol. The minimum Gasteiger partial charge on any atom is -0.665 e. The Morgan fingerprint density at radius 2 is 1.65 bits per heavy atom. The fourth-order valence-corrected chi connectivity index (χ4v) is 0.851. The van der Waals surface area contributed by atoms with Gasteiger partial charge in [-0.3, -0.25) is 4.98 Å². The average Bonchev–Trinajstić information content (AvgIpc) is 2.34. The predicted molar refractivity (Wildman–Crippen MR) is 63.8 cm³/mol. The largest absolute Gasteiger partial charge is 0.665 e. The van der Waals surface area contributed by atoms with Gasteiger partial charge in [0.25, 0.3) is 0 Å². The molecule has 0 fully saturated rings. The zero-order valence-electron chi connectivity index (χ0n) is 10.4. The van der Waals surface area contributed by atoms with Crippen LogP contribution < -0.4 is 0 Å². The van der Waals surface area contributed by atoms with Crippen LogP contribution in [-0.2, 0) is 24.3 Å². The second-order valence-corrected chi connectivity index (χ2v) is 2.90. The maximum absolute atomic E-state index is 8.29. The molecule has 2 N–H and O–H groups in total. The zero-order valence-corrected chi connectivity index (χ0v) is 13.3.